The number of aromatic nitrogens is 3. The van der Waals surface area contributed by atoms with E-state index in [4.69, 9.17) is 4.52 Å². The molecule has 106 valence electrons. The first-order valence-corrected chi connectivity index (χ1v) is 6.12. The molecule has 2 rings (SSSR count). The van der Waals surface area contributed by atoms with Crippen molar-refractivity contribution in [3.8, 4) is 0 Å². The molecule has 0 fully saturated rings. The van der Waals surface area contributed by atoms with Gasteiger partial charge in [-0.25, -0.2) is 9.78 Å². The fourth-order valence-corrected chi connectivity index (χ4v) is 2.04. The van der Waals surface area contributed by atoms with Crippen molar-refractivity contribution in [3.63, 3.8) is 0 Å². The zero-order chi connectivity index (χ0) is 14.7. The zero-order valence-corrected chi connectivity index (χ0v) is 11.8. The normalized spacial score (nSPS) is 12.0. The molecule has 7 nitrogen and oxygen atoms in total. The molecule has 0 amide bonds. The van der Waals surface area contributed by atoms with Crippen LogP contribution in [0.15, 0.2) is 16.9 Å². The summed E-state index contributed by atoms with van der Waals surface area (Å²) in [4.78, 5) is 19.5. The lowest BCUT2D eigenvalue weighted by atomic mass is 10.1. The maximum Gasteiger partial charge on any atom is 0.358 e. The van der Waals surface area contributed by atoms with Crippen LogP contribution in [0.4, 0.5) is 5.82 Å². The molecule has 2 aromatic heterocycles. The number of esters is 1. The van der Waals surface area contributed by atoms with Gasteiger partial charge in [-0.05, 0) is 20.8 Å². The summed E-state index contributed by atoms with van der Waals surface area (Å²) in [6, 6.07) is -0.0663. The monoisotopic (exact) mass is 276 g/mol. The molecule has 0 aliphatic carbocycles. The smallest absolute Gasteiger partial charge is 0.358 e. The van der Waals surface area contributed by atoms with Gasteiger partial charge in [-0.1, -0.05) is 5.16 Å². The van der Waals surface area contributed by atoms with Gasteiger partial charge in [0.1, 0.15) is 11.6 Å². The van der Waals surface area contributed by atoms with Gasteiger partial charge in [0.05, 0.1) is 31.2 Å². The quantitative estimate of drug-likeness (QED) is 0.854. The van der Waals surface area contributed by atoms with Crippen LogP contribution in [0.25, 0.3) is 0 Å². The molecular formula is C13H16N4O3. The Labute approximate surface area is 116 Å². The van der Waals surface area contributed by atoms with E-state index in [-0.39, 0.29) is 11.7 Å². The minimum absolute atomic E-state index is 0.0663. The average Bonchev–Trinajstić information content (AvgIpc) is 2.77. The molecule has 0 saturated carbocycles. The highest BCUT2D eigenvalue weighted by Crippen LogP contribution is 2.23. The molecule has 7 heteroatoms. The topological polar surface area (TPSA) is 90.1 Å². The molecular weight excluding hydrogens is 260 g/mol. The van der Waals surface area contributed by atoms with Crippen molar-refractivity contribution in [2.24, 2.45) is 0 Å². The molecule has 1 N–H and O–H groups in total. The van der Waals surface area contributed by atoms with E-state index in [1.54, 1.807) is 6.20 Å². The number of carbonyl (C=O) groups is 1. The Bertz CT molecular complexity index is 604. The van der Waals surface area contributed by atoms with Gasteiger partial charge < -0.3 is 14.6 Å². The molecule has 0 spiro atoms. The largest absolute Gasteiger partial charge is 0.464 e. The summed E-state index contributed by atoms with van der Waals surface area (Å²) in [7, 11) is 1.30. The molecule has 2 heterocycles. The fraction of sp³-hybridized carbons (Fsp3) is 0.385. The highest BCUT2D eigenvalue weighted by Gasteiger charge is 2.17. The number of hydrogen-bond donors (Lipinski definition) is 1. The van der Waals surface area contributed by atoms with Crippen LogP contribution in [0.3, 0.4) is 0 Å². The summed E-state index contributed by atoms with van der Waals surface area (Å²) < 4.78 is 9.75. The third kappa shape index (κ3) is 2.76. The fourth-order valence-electron chi connectivity index (χ4n) is 2.04. The molecule has 20 heavy (non-hydrogen) atoms. The third-order valence-corrected chi connectivity index (χ3v) is 2.92. The van der Waals surface area contributed by atoms with Gasteiger partial charge in [-0.15, -0.1) is 0 Å². The second kappa shape index (κ2) is 5.68. The minimum Gasteiger partial charge on any atom is -0.464 e. The average molecular weight is 276 g/mol. The Morgan fingerprint density at radius 2 is 2.15 bits per heavy atom. The summed E-state index contributed by atoms with van der Waals surface area (Å²) in [6.07, 6.45) is 2.90. The lowest BCUT2D eigenvalue weighted by Crippen LogP contribution is -2.12. The van der Waals surface area contributed by atoms with Gasteiger partial charge >= 0.3 is 5.97 Å². The molecule has 1 atom stereocenters. The number of rotatable bonds is 4. The Balaban J connectivity index is 2.20. The van der Waals surface area contributed by atoms with Gasteiger partial charge in [-0.3, -0.25) is 4.98 Å². The molecule has 2 aromatic rings. The number of ether oxygens (including phenoxy) is 1. The van der Waals surface area contributed by atoms with Gasteiger partial charge in [-0.2, -0.15) is 0 Å². The number of hydrogen-bond acceptors (Lipinski definition) is 7. The van der Waals surface area contributed by atoms with E-state index < -0.39 is 5.97 Å². The first kappa shape index (κ1) is 14.0. The Morgan fingerprint density at radius 3 is 2.75 bits per heavy atom. The molecule has 0 aliphatic rings. The van der Waals surface area contributed by atoms with Crippen LogP contribution < -0.4 is 5.32 Å². The third-order valence-electron chi connectivity index (χ3n) is 2.92. The highest BCUT2D eigenvalue weighted by molar-refractivity contribution is 5.87. The minimum atomic E-state index is -0.522. The maximum absolute atomic E-state index is 11.4. The first-order chi connectivity index (χ1) is 9.52. The second-order valence-electron chi connectivity index (χ2n) is 4.39. The van der Waals surface area contributed by atoms with Gasteiger partial charge in [0.2, 0.25) is 0 Å². The van der Waals surface area contributed by atoms with Crippen molar-refractivity contribution in [1.82, 2.24) is 15.1 Å². The number of nitrogens with one attached hydrogen (secondary N) is 1. The van der Waals surface area contributed by atoms with Crippen molar-refractivity contribution < 1.29 is 14.1 Å². The van der Waals surface area contributed by atoms with Crippen molar-refractivity contribution in [1.29, 1.82) is 0 Å². The summed E-state index contributed by atoms with van der Waals surface area (Å²) in [5.41, 5.74) is 1.94. The van der Waals surface area contributed by atoms with Crippen LogP contribution in [0.1, 0.15) is 40.5 Å². The van der Waals surface area contributed by atoms with Gasteiger partial charge in [0.15, 0.2) is 5.69 Å². The molecule has 0 bridgehead atoms. The van der Waals surface area contributed by atoms with E-state index >= 15 is 0 Å². The second-order valence-corrected chi connectivity index (χ2v) is 4.39. The van der Waals surface area contributed by atoms with Crippen molar-refractivity contribution in [3.05, 3.63) is 35.1 Å². The number of carbonyl (C=O) groups excluding carboxylic acids is 1. The molecule has 0 saturated heterocycles. The van der Waals surface area contributed by atoms with Crippen LogP contribution in [0.5, 0.6) is 0 Å². The van der Waals surface area contributed by atoms with E-state index in [0.29, 0.717) is 5.82 Å². The van der Waals surface area contributed by atoms with Crippen LogP contribution in [0.2, 0.25) is 0 Å². The Hall–Kier alpha value is -2.44. The lowest BCUT2D eigenvalue weighted by Gasteiger charge is -2.14. The van der Waals surface area contributed by atoms with E-state index in [1.807, 2.05) is 20.8 Å². The van der Waals surface area contributed by atoms with Crippen molar-refractivity contribution in [2.75, 3.05) is 12.4 Å². The first-order valence-electron chi connectivity index (χ1n) is 6.12. The zero-order valence-electron chi connectivity index (χ0n) is 11.8. The summed E-state index contributed by atoms with van der Waals surface area (Å²) in [6.45, 7) is 5.68. The van der Waals surface area contributed by atoms with E-state index in [0.717, 1.165) is 17.0 Å². The lowest BCUT2D eigenvalue weighted by molar-refractivity contribution is 0.0593. The molecule has 0 radical (unpaired) electrons. The number of aryl methyl sites for hydroxylation is 2. The predicted molar refractivity (Wildman–Crippen MR) is 71.4 cm³/mol. The predicted octanol–water partition coefficient (Wildman–Crippen LogP) is 2.04. The molecule has 1 unspecified atom stereocenters. The SMILES string of the molecule is COC(=O)c1cncc(NC(C)c2c(C)noc2C)n1. The molecule has 0 aliphatic heterocycles. The number of nitrogens with zero attached hydrogens (tertiary/aromatic N) is 3. The van der Waals surface area contributed by atoms with E-state index in [1.165, 1.54) is 13.3 Å². The van der Waals surface area contributed by atoms with E-state index in [2.05, 4.69) is 25.2 Å². The van der Waals surface area contributed by atoms with Crippen LogP contribution in [-0.2, 0) is 4.74 Å². The van der Waals surface area contributed by atoms with Crippen LogP contribution in [-0.4, -0.2) is 28.2 Å². The van der Waals surface area contributed by atoms with Gasteiger partial charge in [0, 0.05) is 5.56 Å². The standard InChI is InChI=1S/C13H16N4O3/c1-7(12-8(2)17-20-9(12)3)15-11-6-14-5-10(16-11)13(18)19-4/h5-7H,1-4H3,(H,15,16). The number of methoxy groups -OCH3 is 1. The van der Waals surface area contributed by atoms with Crippen LogP contribution in [0, 0.1) is 13.8 Å². The molecule has 0 aromatic carbocycles. The van der Waals surface area contributed by atoms with Crippen molar-refractivity contribution >= 4 is 11.8 Å². The summed E-state index contributed by atoms with van der Waals surface area (Å²) >= 11 is 0. The van der Waals surface area contributed by atoms with Gasteiger partial charge in [0.25, 0.3) is 0 Å². The van der Waals surface area contributed by atoms with Crippen molar-refractivity contribution in [2.45, 2.75) is 26.8 Å². The Morgan fingerprint density at radius 1 is 1.40 bits per heavy atom. The summed E-state index contributed by atoms with van der Waals surface area (Å²) in [5.74, 6) is 0.714. The number of anilines is 1. The maximum atomic E-state index is 11.4. The Kier molecular flexibility index (Phi) is 3.97. The van der Waals surface area contributed by atoms with Crippen LogP contribution >= 0.6 is 0 Å². The summed E-state index contributed by atoms with van der Waals surface area (Å²) in [5, 5.41) is 7.08. The highest BCUT2D eigenvalue weighted by atomic mass is 16.5. The van der Waals surface area contributed by atoms with E-state index in [9.17, 15) is 4.79 Å².